The van der Waals surface area contributed by atoms with Crippen molar-refractivity contribution in [1.29, 1.82) is 0 Å². The SMILES string of the molecule is CC(Nc1cc(-c2[nH]c(=S)[nH]c2-c2ccc(F)cc2)ccn1)c1ccccc1. The molecule has 0 saturated carbocycles. The van der Waals surface area contributed by atoms with Crippen LogP contribution in [0.5, 0.6) is 0 Å². The molecule has 140 valence electrons. The molecule has 0 spiro atoms. The van der Waals surface area contributed by atoms with Crippen LogP contribution in [0.25, 0.3) is 22.5 Å². The summed E-state index contributed by atoms with van der Waals surface area (Å²) in [4.78, 5) is 10.8. The van der Waals surface area contributed by atoms with Crippen LogP contribution in [-0.2, 0) is 0 Å². The number of aromatic nitrogens is 3. The molecule has 6 heteroatoms. The second kappa shape index (κ2) is 7.78. The lowest BCUT2D eigenvalue weighted by atomic mass is 10.1. The molecule has 1 atom stereocenters. The van der Waals surface area contributed by atoms with Crippen LogP contribution >= 0.6 is 12.2 Å². The lowest BCUT2D eigenvalue weighted by Crippen LogP contribution is -2.07. The number of H-pyrrole nitrogens is 2. The Bertz CT molecular complexity index is 1130. The van der Waals surface area contributed by atoms with Crippen molar-refractivity contribution in [2.75, 3.05) is 5.32 Å². The Morgan fingerprint density at radius 2 is 1.61 bits per heavy atom. The van der Waals surface area contributed by atoms with Crippen LogP contribution in [0.3, 0.4) is 0 Å². The van der Waals surface area contributed by atoms with Gasteiger partial charge in [0.1, 0.15) is 11.6 Å². The summed E-state index contributed by atoms with van der Waals surface area (Å²) < 4.78 is 13.8. The van der Waals surface area contributed by atoms with E-state index in [1.807, 2.05) is 30.3 Å². The maximum absolute atomic E-state index is 13.3. The lowest BCUT2D eigenvalue weighted by Gasteiger charge is -2.15. The molecular formula is C22H19FN4S. The number of imidazole rings is 1. The van der Waals surface area contributed by atoms with Gasteiger partial charge < -0.3 is 15.3 Å². The Hall–Kier alpha value is -3.25. The third kappa shape index (κ3) is 3.87. The minimum absolute atomic E-state index is 0.116. The van der Waals surface area contributed by atoms with E-state index in [9.17, 15) is 4.39 Å². The summed E-state index contributed by atoms with van der Waals surface area (Å²) in [5, 5.41) is 3.43. The van der Waals surface area contributed by atoms with E-state index in [0.29, 0.717) is 4.77 Å². The number of hydrogen-bond acceptors (Lipinski definition) is 3. The summed E-state index contributed by atoms with van der Waals surface area (Å²) in [6.45, 7) is 2.09. The Labute approximate surface area is 167 Å². The van der Waals surface area contributed by atoms with E-state index in [1.54, 1.807) is 18.3 Å². The molecule has 0 aliphatic carbocycles. The van der Waals surface area contributed by atoms with Gasteiger partial charge in [0.05, 0.1) is 11.4 Å². The number of benzene rings is 2. The maximum Gasteiger partial charge on any atom is 0.175 e. The zero-order chi connectivity index (χ0) is 19.5. The molecule has 2 heterocycles. The zero-order valence-electron chi connectivity index (χ0n) is 15.2. The van der Waals surface area contributed by atoms with Crippen molar-refractivity contribution < 1.29 is 4.39 Å². The smallest absolute Gasteiger partial charge is 0.175 e. The highest BCUT2D eigenvalue weighted by atomic mass is 32.1. The number of rotatable bonds is 5. The number of pyridine rings is 1. The Kier molecular flexibility index (Phi) is 5.04. The van der Waals surface area contributed by atoms with Gasteiger partial charge in [-0.3, -0.25) is 0 Å². The van der Waals surface area contributed by atoms with Gasteiger partial charge in [0.15, 0.2) is 4.77 Å². The molecule has 0 fully saturated rings. The monoisotopic (exact) mass is 390 g/mol. The number of nitrogens with zero attached hydrogens (tertiary/aromatic N) is 1. The molecule has 28 heavy (non-hydrogen) atoms. The second-order valence-corrected chi connectivity index (χ2v) is 6.95. The van der Waals surface area contributed by atoms with E-state index in [4.69, 9.17) is 12.2 Å². The third-order valence-corrected chi connectivity index (χ3v) is 4.78. The van der Waals surface area contributed by atoms with Crippen LogP contribution in [0, 0.1) is 10.6 Å². The van der Waals surface area contributed by atoms with Crippen LogP contribution in [0.15, 0.2) is 72.9 Å². The summed E-state index contributed by atoms with van der Waals surface area (Å²) in [6.07, 6.45) is 1.76. The van der Waals surface area contributed by atoms with Crippen molar-refractivity contribution in [3.63, 3.8) is 0 Å². The van der Waals surface area contributed by atoms with Gasteiger partial charge >= 0.3 is 0 Å². The van der Waals surface area contributed by atoms with Gasteiger partial charge in [-0.1, -0.05) is 30.3 Å². The Balaban J connectivity index is 1.67. The topological polar surface area (TPSA) is 56.5 Å². The standard InChI is InChI=1S/C22H19FN4S/c1-14(15-5-3-2-4-6-15)25-19-13-17(11-12-24-19)21-20(26-22(28)27-21)16-7-9-18(23)10-8-16/h2-14H,1H3,(H,24,25)(H2,26,27,28). The second-order valence-electron chi connectivity index (χ2n) is 6.54. The minimum Gasteiger partial charge on any atom is -0.364 e. The molecular weight excluding hydrogens is 371 g/mol. The first-order valence-corrected chi connectivity index (χ1v) is 9.37. The van der Waals surface area contributed by atoms with Crippen LogP contribution in [-0.4, -0.2) is 15.0 Å². The fourth-order valence-corrected chi connectivity index (χ4v) is 3.35. The molecule has 3 N–H and O–H groups in total. The van der Waals surface area contributed by atoms with Crippen LogP contribution in [0.4, 0.5) is 10.2 Å². The zero-order valence-corrected chi connectivity index (χ0v) is 16.1. The van der Waals surface area contributed by atoms with Crippen LogP contribution in [0.2, 0.25) is 0 Å². The molecule has 0 amide bonds. The average molecular weight is 390 g/mol. The molecule has 4 aromatic rings. The van der Waals surface area contributed by atoms with Crippen molar-refractivity contribution in [3.8, 4) is 22.5 Å². The van der Waals surface area contributed by atoms with Crippen LogP contribution in [0.1, 0.15) is 18.5 Å². The molecule has 0 radical (unpaired) electrons. The Morgan fingerprint density at radius 1 is 0.929 bits per heavy atom. The first-order chi connectivity index (χ1) is 13.6. The highest BCUT2D eigenvalue weighted by molar-refractivity contribution is 7.71. The van der Waals surface area contributed by atoms with Gasteiger partial charge in [-0.15, -0.1) is 0 Å². The van der Waals surface area contributed by atoms with Gasteiger partial charge in [0.2, 0.25) is 0 Å². The van der Waals surface area contributed by atoms with Crippen molar-refractivity contribution in [2.45, 2.75) is 13.0 Å². The number of anilines is 1. The molecule has 4 rings (SSSR count). The average Bonchev–Trinajstić information content (AvgIpc) is 3.11. The number of hydrogen-bond donors (Lipinski definition) is 3. The third-order valence-electron chi connectivity index (χ3n) is 4.57. The van der Waals surface area contributed by atoms with Crippen molar-refractivity contribution in [1.82, 2.24) is 15.0 Å². The molecule has 0 aliphatic heterocycles. The predicted molar refractivity (Wildman–Crippen MR) is 113 cm³/mol. The lowest BCUT2D eigenvalue weighted by molar-refractivity contribution is 0.628. The van der Waals surface area contributed by atoms with E-state index in [1.165, 1.54) is 17.7 Å². The molecule has 2 aromatic heterocycles. The molecule has 0 aliphatic rings. The maximum atomic E-state index is 13.3. The number of halogens is 1. The van der Waals surface area contributed by atoms with Gasteiger partial charge in [-0.05, 0) is 61.1 Å². The fourth-order valence-electron chi connectivity index (χ4n) is 3.14. The normalized spacial score (nSPS) is 11.9. The molecule has 1 unspecified atom stereocenters. The van der Waals surface area contributed by atoms with E-state index < -0.39 is 0 Å². The van der Waals surface area contributed by atoms with E-state index in [-0.39, 0.29) is 11.9 Å². The summed E-state index contributed by atoms with van der Waals surface area (Å²) in [7, 11) is 0. The van der Waals surface area contributed by atoms with E-state index in [0.717, 1.165) is 28.3 Å². The van der Waals surface area contributed by atoms with Gasteiger partial charge in [0, 0.05) is 23.4 Å². The van der Waals surface area contributed by atoms with Crippen molar-refractivity contribution in [2.24, 2.45) is 0 Å². The molecule has 2 aromatic carbocycles. The van der Waals surface area contributed by atoms with Gasteiger partial charge in [-0.25, -0.2) is 9.37 Å². The predicted octanol–water partition coefficient (Wildman–Crippen LogP) is 6.11. The molecule has 0 bridgehead atoms. The summed E-state index contributed by atoms with van der Waals surface area (Å²) in [6, 6.07) is 20.5. The minimum atomic E-state index is -0.273. The first-order valence-electron chi connectivity index (χ1n) is 8.96. The van der Waals surface area contributed by atoms with Gasteiger partial charge in [0.25, 0.3) is 0 Å². The quantitative estimate of drug-likeness (QED) is 0.360. The fraction of sp³-hybridized carbons (Fsp3) is 0.0909. The van der Waals surface area contributed by atoms with Crippen LogP contribution < -0.4 is 5.32 Å². The number of nitrogens with one attached hydrogen (secondary N) is 3. The summed E-state index contributed by atoms with van der Waals surface area (Å²) in [5.41, 5.74) is 4.63. The highest BCUT2D eigenvalue weighted by Crippen LogP contribution is 2.31. The van der Waals surface area contributed by atoms with Crippen molar-refractivity contribution >= 4 is 18.0 Å². The summed E-state index contributed by atoms with van der Waals surface area (Å²) >= 11 is 5.30. The first kappa shape index (κ1) is 18.1. The Morgan fingerprint density at radius 3 is 2.32 bits per heavy atom. The largest absolute Gasteiger partial charge is 0.364 e. The van der Waals surface area contributed by atoms with Gasteiger partial charge in [-0.2, -0.15) is 0 Å². The summed E-state index contributed by atoms with van der Waals surface area (Å²) in [5.74, 6) is 0.490. The molecule has 0 saturated heterocycles. The highest BCUT2D eigenvalue weighted by Gasteiger charge is 2.13. The van der Waals surface area contributed by atoms with E-state index in [2.05, 4.69) is 39.3 Å². The number of aromatic amines is 2. The molecule has 4 nitrogen and oxygen atoms in total. The van der Waals surface area contributed by atoms with E-state index >= 15 is 0 Å². The van der Waals surface area contributed by atoms with Crippen molar-refractivity contribution in [3.05, 3.63) is 89.1 Å².